The molecule has 1 aromatic heterocycles. The number of anilines is 1. The normalized spacial score (nSPS) is 11.6. The van der Waals surface area contributed by atoms with Crippen LogP contribution in [-0.2, 0) is 4.74 Å². The third kappa shape index (κ3) is 3.89. The first-order chi connectivity index (χ1) is 8.72. The summed E-state index contributed by atoms with van der Waals surface area (Å²) in [6.45, 7) is 7.07. The smallest absolute Gasteiger partial charge is 0.188 e. The summed E-state index contributed by atoms with van der Waals surface area (Å²) in [5, 5.41) is 11.6. The molecule has 3 N–H and O–H groups in total. The van der Waals surface area contributed by atoms with Gasteiger partial charge in [0.2, 0.25) is 0 Å². The summed E-state index contributed by atoms with van der Waals surface area (Å²) in [6.07, 6.45) is 1.64. The summed E-state index contributed by atoms with van der Waals surface area (Å²) in [5.41, 5.74) is 6.96. The van der Waals surface area contributed by atoms with Gasteiger partial charge in [-0.15, -0.1) is 0 Å². The lowest BCUT2D eigenvalue weighted by Gasteiger charge is -2.23. The largest absolute Gasteiger partial charge is 0.409 e. The van der Waals surface area contributed by atoms with Crippen LogP contribution in [0.2, 0.25) is 0 Å². The van der Waals surface area contributed by atoms with Gasteiger partial charge in [0.1, 0.15) is 5.69 Å². The minimum absolute atomic E-state index is 0.0118. The second-order valence-electron chi connectivity index (χ2n) is 3.66. The van der Waals surface area contributed by atoms with Gasteiger partial charge in [-0.25, -0.2) is 0 Å². The van der Waals surface area contributed by atoms with Crippen LogP contribution in [0.1, 0.15) is 19.5 Å². The Bertz CT molecular complexity index is 395. The zero-order chi connectivity index (χ0) is 13.4. The van der Waals surface area contributed by atoms with Crippen LogP contribution in [0.15, 0.2) is 23.5 Å². The van der Waals surface area contributed by atoms with Crippen LogP contribution >= 0.6 is 0 Å². The van der Waals surface area contributed by atoms with Crippen molar-refractivity contribution < 1.29 is 9.94 Å². The van der Waals surface area contributed by atoms with Crippen LogP contribution < -0.4 is 10.6 Å². The Balaban J connectivity index is 2.79. The molecular formula is C12H20N4O2. The number of oxime groups is 1. The first-order valence-electron chi connectivity index (χ1n) is 5.99. The highest BCUT2D eigenvalue weighted by atomic mass is 16.5. The van der Waals surface area contributed by atoms with Crippen LogP contribution in [0.3, 0.4) is 0 Å². The molecule has 0 fully saturated rings. The van der Waals surface area contributed by atoms with Crippen LogP contribution in [0.5, 0.6) is 0 Å². The topological polar surface area (TPSA) is 84.0 Å². The Morgan fingerprint density at radius 3 is 2.94 bits per heavy atom. The number of aromatic nitrogens is 1. The lowest BCUT2D eigenvalue weighted by molar-refractivity contribution is 0.154. The molecule has 1 aromatic rings. The summed E-state index contributed by atoms with van der Waals surface area (Å²) < 4.78 is 5.34. The molecule has 0 unspecified atom stereocenters. The molecule has 0 aliphatic carbocycles. The first-order valence-corrected chi connectivity index (χ1v) is 5.99. The number of ether oxygens (including phenoxy) is 1. The summed E-state index contributed by atoms with van der Waals surface area (Å²) >= 11 is 0. The number of hydrogen-bond donors (Lipinski definition) is 2. The summed E-state index contributed by atoms with van der Waals surface area (Å²) in [5.74, 6) is 0.0118. The molecule has 6 nitrogen and oxygen atoms in total. The minimum atomic E-state index is 0.0118. The third-order valence-corrected chi connectivity index (χ3v) is 2.57. The van der Waals surface area contributed by atoms with E-state index in [1.54, 1.807) is 12.3 Å². The van der Waals surface area contributed by atoms with E-state index in [0.29, 0.717) is 18.9 Å². The summed E-state index contributed by atoms with van der Waals surface area (Å²) in [6, 6.07) is 3.69. The Hall–Kier alpha value is -1.82. The second-order valence-corrected chi connectivity index (χ2v) is 3.66. The number of hydrogen-bond acceptors (Lipinski definition) is 5. The van der Waals surface area contributed by atoms with Crippen molar-refractivity contribution in [2.75, 3.05) is 31.2 Å². The Morgan fingerprint density at radius 1 is 1.56 bits per heavy atom. The van der Waals surface area contributed by atoms with Gasteiger partial charge < -0.3 is 20.6 Å². The molecular weight excluding hydrogens is 232 g/mol. The van der Waals surface area contributed by atoms with E-state index >= 15 is 0 Å². The van der Waals surface area contributed by atoms with Crippen molar-refractivity contribution in [2.24, 2.45) is 10.9 Å². The number of nitrogens with two attached hydrogens (primary N) is 1. The van der Waals surface area contributed by atoms with E-state index in [1.807, 2.05) is 13.0 Å². The van der Waals surface area contributed by atoms with E-state index in [-0.39, 0.29) is 5.84 Å². The summed E-state index contributed by atoms with van der Waals surface area (Å²) in [7, 11) is 0. The monoisotopic (exact) mass is 252 g/mol. The quantitative estimate of drug-likeness (QED) is 0.249. The van der Waals surface area contributed by atoms with Gasteiger partial charge >= 0.3 is 0 Å². The lowest BCUT2D eigenvalue weighted by Crippen LogP contribution is -2.27. The predicted molar refractivity (Wildman–Crippen MR) is 71.1 cm³/mol. The zero-order valence-electron chi connectivity index (χ0n) is 10.8. The molecule has 0 aromatic carbocycles. The molecule has 0 spiro atoms. The molecule has 0 aliphatic rings. The molecule has 1 heterocycles. The Labute approximate surface area is 107 Å². The van der Waals surface area contributed by atoms with Crippen molar-refractivity contribution >= 4 is 11.5 Å². The Kier molecular flexibility index (Phi) is 5.93. The van der Waals surface area contributed by atoms with Gasteiger partial charge in [0, 0.05) is 31.6 Å². The minimum Gasteiger partial charge on any atom is -0.409 e. The molecule has 0 radical (unpaired) electrons. The van der Waals surface area contributed by atoms with Crippen molar-refractivity contribution in [1.29, 1.82) is 0 Å². The van der Waals surface area contributed by atoms with E-state index in [4.69, 9.17) is 15.7 Å². The van der Waals surface area contributed by atoms with Gasteiger partial charge in [-0.1, -0.05) is 5.16 Å². The molecule has 0 saturated heterocycles. The lowest BCUT2D eigenvalue weighted by atomic mass is 10.2. The SMILES string of the molecule is CCOCCN(CC)c1ccnc(/C(N)=N/O)c1. The molecule has 0 bridgehead atoms. The molecule has 100 valence electrons. The van der Waals surface area contributed by atoms with Gasteiger partial charge in [0.05, 0.1) is 6.61 Å². The molecule has 0 atom stereocenters. The predicted octanol–water partition coefficient (Wildman–Crippen LogP) is 1.04. The van der Waals surface area contributed by atoms with E-state index in [1.165, 1.54) is 0 Å². The maximum absolute atomic E-state index is 8.64. The molecule has 18 heavy (non-hydrogen) atoms. The average molecular weight is 252 g/mol. The van der Waals surface area contributed by atoms with Crippen LogP contribution in [0.25, 0.3) is 0 Å². The van der Waals surface area contributed by atoms with Crippen LogP contribution in [0.4, 0.5) is 5.69 Å². The molecule has 6 heteroatoms. The van der Waals surface area contributed by atoms with Crippen molar-refractivity contribution in [1.82, 2.24) is 4.98 Å². The Morgan fingerprint density at radius 2 is 2.33 bits per heavy atom. The van der Waals surface area contributed by atoms with E-state index in [2.05, 4.69) is 22.0 Å². The maximum Gasteiger partial charge on any atom is 0.188 e. The molecule has 0 aliphatic heterocycles. The van der Waals surface area contributed by atoms with Crippen molar-refractivity contribution in [3.8, 4) is 0 Å². The maximum atomic E-state index is 8.64. The molecule has 0 saturated carbocycles. The highest BCUT2D eigenvalue weighted by Gasteiger charge is 2.07. The van der Waals surface area contributed by atoms with Gasteiger partial charge in [-0.3, -0.25) is 4.98 Å². The number of amidine groups is 1. The second kappa shape index (κ2) is 7.50. The van der Waals surface area contributed by atoms with Gasteiger partial charge in [-0.2, -0.15) is 0 Å². The van der Waals surface area contributed by atoms with Crippen molar-refractivity contribution in [2.45, 2.75) is 13.8 Å². The highest BCUT2D eigenvalue weighted by molar-refractivity contribution is 5.95. The standard InChI is InChI=1S/C12H20N4O2/c1-3-16(7-8-18-4-2)10-5-6-14-11(9-10)12(13)15-17/h5-6,9,17H,3-4,7-8H2,1-2H3,(H2,13,15). The first kappa shape index (κ1) is 14.2. The summed E-state index contributed by atoms with van der Waals surface area (Å²) in [4.78, 5) is 6.19. The van der Waals surface area contributed by atoms with Crippen LogP contribution in [-0.4, -0.2) is 42.3 Å². The number of rotatable bonds is 7. The number of likely N-dealkylation sites (N-methyl/N-ethyl adjacent to an activating group) is 1. The third-order valence-electron chi connectivity index (χ3n) is 2.57. The molecule has 1 rings (SSSR count). The highest BCUT2D eigenvalue weighted by Crippen LogP contribution is 2.14. The fourth-order valence-corrected chi connectivity index (χ4v) is 1.60. The number of nitrogens with zero attached hydrogens (tertiary/aromatic N) is 3. The van der Waals surface area contributed by atoms with Crippen molar-refractivity contribution in [3.05, 3.63) is 24.0 Å². The zero-order valence-corrected chi connectivity index (χ0v) is 10.8. The molecule has 0 amide bonds. The average Bonchev–Trinajstić information content (AvgIpc) is 2.43. The van der Waals surface area contributed by atoms with E-state index < -0.39 is 0 Å². The van der Waals surface area contributed by atoms with E-state index in [9.17, 15) is 0 Å². The fourth-order valence-electron chi connectivity index (χ4n) is 1.60. The van der Waals surface area contributed by atoms with Crippen molar-refractivity contribution in [3.63, 3.8) is 0 Å². The van der Waals surface area contributed by atoms with Gasteiger partial charge in [-0.05, 0) is 26.0 Å². The van der Waals surface area contributed by atoms with Crippen LogP contribution in [0, 0.1) is 0 Å². The fraction of sp³-hybridized carbons (Fsp3) is 0.500. The van der Waals surface area contributed by atoms with E-state index in [0.717, 1.165) is 18.8 Å². The van der Waals surface area contributed by atoms with Gasteiger partial charge in [0.25, 0.3) is 0 Å². The number of pyridine rings is 1. The van der Waals surface area contributed by atoms with Gasteiger partial charge in [0.15, 0.2) is 5.84 Å².